The van der Waals surface area contributed by atoms with Crippen molar-refractivity contribution in [3.8, 4) is 0 Å². The topological polar surface area (TPSA) is 17.1 Å². The van der Waals surface area contributed by atoms with Crippen LogP contribution in [0.4, 0.5) is 0 Å². The molecular formula is C17H13Cl3OS. The van der Waals surface area contributed by atoms with Crippen molar-refractivity contribution in [3.63, 3.8) is 0 Å². The molecule has 0 saturated carbocycles. The van der Waals surface area contributed by atoms with Gasteiger partial charge in [-0.25, -0.2) is 0 Å². The molecule has 1 fully saturated rings. The van der Waals surface area contributed by atoms with Crippen molar-refractivity contribution in [3.05, 3.63) is 71.8 Å². The van der Waals surface area contributed by atoms with Gasteiger partial charge in [-0.2, -0.15) is 0 Å². The minimum absolute atomic E-state index is 0.0722. The number of carbonyl (C=O) groups excluding carboxylic acids is 1. The summed E-state index contributed by atoms with van der Waals surface area (Å²) in [5.41, 5.74) is 1.78. The van der Waals surface area contributed by atoms with Crippen LogP contribution in [0.25, 0.3) is 0 Å². The van der Waals surface area contributed by atoms with Gasteiger partial charge in [-0.15, -0.1) is 11.8 Å². The van der Waals surface area contributed by atoms with Gasteiger partial charge in [0, 0.05) is 11.7 Å². The van der Waals surface area contributed by atoms with E-state index in [4.69, 9.17) is 34.8 Å². The van der Waals surface area contributed by atoms with Gasteiger partial charge in [0.15, 0.2) is 9.99 Å². The normalized spacial score (nSPS) is 27.6. The fourth-order valence-corrected chi connectivity index (χ4v) is 5.19. The molecule has 2 aromatic rings. The van der Waals surface area contributed by atoms with Crippen LogP contribution in [0.2, 0.25) is 0 Å². The number of Topliss-reactive ketones (excluding diaryl/α,β-unsaturated/α-hetero) is 1. The Hall–Kier alpha value is -0.670. The van der Waals surface area contributed by atoms with Crippen LogP contribution in [-0.4, -0.2) is 10.1 Å². The van der Waals surface area contributed by atoms with E-state index in [0.29, 0.717) is 0 Å². The Bertz CT molecular complexity index is 675. The number of rotatable bonds is 2. The van der Waals surface area contributed by atoms with Crippen LogP contribution >= 0.6 is 46.6 Å². The lowest BCUT2D eigenvalue weighted by Crippen LogP contribution is -2.47. The molecule has 0 bridgehead atoms. The number of hydrogen-bond donors (Lipinski definition) is 0. The molecule has 0 spiro atoms. The maximum atomic E-state index is 12.5. The van der Waals surface area contributed by atoms with E-state index in [0.717, 1.165) is 11.1 Å². The molecule has 0 radical (unpaired) electrons. The van der Waals surface area contributed by atoms with Crippen molar-refractivity contribution >= 4 is 52.3 Å². The van der Waals surface area contributed by atoms with Crippen molar-refractivity contribution in [1.29, 1.82) is 0 Å². The third kappa shape index (κ3) is 2.67. The smallest absolute Gasteiger partial charge is 0.208 e. The van der Waals surface area contributed by atoms with E-state index in [2.05, 4.69) is 0 Å². The molecule has 5 heteroatoms. The first kappa shape index (κ1) is 16.2. The van der Waals surface area contributed by atoms with E-state index in [1.165, 1.54) is 11.8 Å². The summed E-state index contributed by atoms with van der Waals surface area (Å²) in [4.78, 5) is 12.5. The Morgan fingerprint density at radius 3 is 2.05 bits per heavy atom. The molecule has 2 atom stereocenters. The third-order valence-corrected chi connectivity index (χ3v) is 7.51. The maximum Gasteiger partial charge on any atom is 0.208 e. The molecule has 22 heavy (non-hydrogen) atoms. The van der Waals surface area contributed by atoms with Gasteiger partial charge in [0.05, 0.1) is 0 Å². The molecule has 0 aliphatic carbocycles. The number of ketones is 1. The third-order valence-electron chi connectivity index (χ3n) is 3.75. The summed E-state index contributed by atoms with van der Waals surface area (Å²) in [5, 5.41) is -0.0722. The largest absolute Gasteiger partial charge is 0.296 e. The van der Waals surface area contributed by atoms with Crippen molar-refractivity contribution in [1.82, 2.24) is 0 Å². The summed E-state index contributed by atoms with van der Waals surface area (Å²) in [6, 6.07) is 19.1. The molecule has 1 aliphatic heterocycles. The minimum Gasteiger partial charge on any atom is -0.296 e. The van der Waals surface area contributed by atoms with Gasteiger partial charge in [-0.05, 0) is 11.1 Å². The van der Waals surface area contributed by atoms with Crippen LogP contribution in [0.3, 0.4) is 0 Å². The first-order valence-electron chi connectivity index (χ1n) is 6.83. The molecule has 3 rings (SSSR count). The number of benzene rings is 2. The monoisotopic (exact) mass is 370 g/mol. The van der Waals surface area contributed by atoms with Crippen LogP contribution in [0.5, 0.6) is 0 Å². The average molecular weight is 372 g/mol. The molecule has 1 saturated heterocycles. The van der Waals surface area contributed by atoms with E-state index in [1.54, 1.807) is 0 Å². The number of hydrogen-bond acceptors (Lipinski definition) is 2. The molecule has 114 valence electrons. The number of carbonyl (C=O) groups is 1. The fraction of sp³-hybridized carbons (Fsp3) is 0.235. The molecule has 1 aliphatic rings. The lowest BCUT2D eigenvalue weighted by atomic mass is 9.99. The minimum atomic E-state index is -1.66. The summed E-state index contributed by atoms with van der Waals surface area (Å²) in [6.45, 7) is 0. The maximum absolute atomic E-state index is 12.5. The number of thioether (sulfide) groups is 1. The summed E-state index contributed by atoms with van der Waals surface area (Å²) in [7, 11) is 0. The Kier molecular flexibility index (Phi) is 4.48. The summed E-state index contributed by atoms with van der Waals surface area (Å²) >= 11 is 21.0. The second kappa shape index (κ2) is 6.09. The first-order chi connectivity index (χ1) is 10.4. The Balaban J connectivity index is 2.05. The molecule has 1 heterocycles. The molecule has 2 unspecified atom stereocenters. The summed E-state index contributed by atoms with van der Waals surface area (Å²) in [6.07, 6.45) is 0.267. The van der Waals surface area contributed by atoms with Gasteiger partial charge >= 0.3 is 0 Å². The van der Waals surface area contributed by atoms with E-state index in [-0.39, 0.29) is 17.5 Å². The zero-order chi connectivity index (χ0) is 15.8. The fourth-order valence-electron chi connectivity index (χ4n) is 2.54. The van der Waals surface area contributed by atoms with E-state index in [1.807, 2.05) is 60.7 Å². The number of halogens is 3. The van der Waals surface area contributed by atoms with E-state index >= 15 is 0 Å². The Morgan fingerprint density at radius 1 is 0.909 bits per heavy atom. The number of alkyl halides is 3. The zero-order valence-corrected chi connectivity index (χ0v) is 14.6. The van der Waals surface area contributed by atoms with Gasteiger partial charge < -0.3 is 0 Å². The van der Waals surface area contributed by atoms with Crippen LogP contribution in [-0.2, 0) is 9.00 Å². The average Bonchev–Trinajstić information content (AvgIpc) is 2.54. The van der Waals surface area contributed by atoms with Crippen molar-refractivity contribution in [2.75, 3.05) is 0 Å². The molecule has 0 amide bonds. The lowest BCUT2D eigenvalue weighted by molar-refractivity contribution is -0.120. The first-order valence-corrected chi connectivity index (χ1v) is 8.85. The second-order valence-electron chi connectivity index (χ2n) is 5.18. The molecule has 0 aromatic heterocycles. The van der Waals surface area contributed by atoms with Crippen LogP contribution in [0, 0.1) is 0 Å². The molecule has 0 N–H and O–H groups in total. The highest BCUT2D eigenvalue weighted by molar-refractivity contribution is 8.02. The second-order valence-corrected chi connectivity index (χ2v) is 8.72. The van der Waals surface area contributed by atoms with Gasteiger partial charge in [0.2, 0.25) is 4.33 Å². The van der Waals surface area contributed by atoms with E-state index in [9.17, 15) is 4.79 Å². The quantitative estimate of drug-likeness (QED) is 0.630. The van der Waals surface area contributed by atoms with Crippen molar-refractivity contribution in [2.24, 2.45) is 0 Å². The van der Waals surface area contributed by atoms with Gasteiger partial charge in [-0.3, -0.25) is 4.79 Å². The standard InChI is InChI=1S/C17H13Cl3OS/c18-16(19)15(21)11-14(12-7-3-1-4-8-12)22-17(16,20)13-9-5-2-6-10-13/h1-10,14H,11H2. The predicted octanol–water partition coefficient (Wildman–Crippen LogP) is 5.70. The summed E-state index contributed by atoms with van der Waals surface area (Å²) in [5.74, 6) is -0.248. The van der Waals surface area contributed by atoms with Crippen molar-refractivity contribution < 1.29 is 4.79 Å². The SMILES string of the molecule is O=C1CC(c2ccccc2)SC(Cl)(c2ccccc2)C1(Cl)Cl. The van der Waals surface area contributed by atoms with Crippen LogP contribution in [0.1, 0.15) is 22.8 Å². The molecular weight excluding hydrogens is 359 g/mol. The molecule has 1 nitrogen and oxygen atoms in total. The highest BCUT2D eigenvalue weighted by Gasteiger charge is 2.59. The van der Waals surface area contributed by atoms with Gasteiger partial charge in [0.25, 0.3) is 0 Å². The zero-order valence-electron chi connectivity index (χ0n) is 11.5. The Morgan fingerprint density at radius 2 is 1.45 bits per heavy atom. The Labute approximate surface area is 149 Å². The van der Waals surface area contributed by atoms with E-state index < -0.39 is 8.54 Å². The predicted molar refractivity (Wildman–Crippen MR) is 94.8 cm³/mol. The van der Waals surface area contributed by atoms with Crippen molar-refractivity contribution in [2.45, 2.75) is 20.2 Å². The van der Waals surface area contributed by atoms with Gasteiger partial charge in [-0.1, -0.05) is 95.5 Å². The summed E-state index contributed by atoms with van der Waals surface area (Å²) < 4.78 is -2.88. The lowest BCUT2D eigenvalue weighted by Gasteiger charge is -2.43. The van der Waals surface area contributed by atoms with Crippen LogP contribution < -0.4 is 0 Å². The van der Waals surface area contributed by atoms with Gasteiger partial charge in [0.1, 0.15) is 0 Å². The molecule has 2 aromatic carbocycles. The van der Waals surface area contributed by atoms with Crippen LogP contribution in [0.15, 0.2) is 60.7 Å². The highest BCUT2D eigenvalue weighted by atomic mass is 35.5. The highest BCUT2D eigenvalue weighted by Crippen LogP contribution is 2.63.